The zero-order valence-electron chi connectivity index (χ0n) is 8.82. The molecule has 0 saturated carbocycles. The highest BCUT2D eigenvalue weighted by Crippen LogP contribution is 2.15. The maximum atomic E-state index is 13.2. The number of halogens is 3. The number of hydrogen-bond acceptors (Lipinski definition) is 3. The third-order valence-electron chi connectivity index (χ3n) is 2.03. The maximum absolute atomic E-state index is 13.2. The number of carbonyl (C=O) groups is 1. The molecule has 0 bridgehead atoms. The monoisotopic (exact) mass is 313 g/mol. The van der Waals surface area contributed by atoms with Gasteiger partial charge in [0, 0.05) is 16.9 Å². The molecule has 0 atom stereocenters. The van der Waals surface area contributed by atoms with Crippen molar-refractivity contribution in [1.29, 1.82) is 0 Å². The Bertz CT molecular complexity index is 607. The van der Waals surface area contributed by atoms with E-state index in [-0.39, 0.29) is 11.3 Å². The Morgan fingerprint density at radius 3 is 2.72 bits per heavy atom. The molecule has 2 aromatic rings. The predicted octanol–water partition coefficient (Wildman–Crippen LogP) is 2.77. The van der Waals surface area contributed by atoms with Gasteiger partial charge in [0.25, 0.3) is 5.91 Å². The summed E-state index contributed by atoms with van der Waals surface area (Å²) in [5.74, 6) is -2.59. The Hall–Kier alpha value is -1.89. The number of carbonyl (C=O) groups excluding carboxylic acids is 1. The third kappa shape index (κ3) is 2.86. The molecule has 0 aromatic carbocycles. The summed E-state index contributed by atoms with van der Waals surface area (Å²) in [4.78, 5) is 18.5. The molecular weight excluding hydrogens is 308 g/mol. The molecule has 0 fully saturated rings. The lowest BCUT2D eigenvalue weighted by atomic mass is 10.2. The molecule has 1 N–H and O–H groups in total. The maximum Gasteiger partial charge on any atom is 0.257 e. The van der Waals surface area contributed by atoms with Crippen LogP contribution in [0.3, 0.4) is 0 Å². The highest BCUT2D eigenvalue weighted by atomic mass is 79.9. The fourth-order valence-corrected chi connectivity index (χ4v) is 1.60. The number of nitrogens with one attached hydrogen (secondary N) is 1. The summed E-state index contributed by atoms with van der Waals surface area (Å²) in [6, 6.07) is 3.58. The number of aromatic nitrogens is 2. The van der Waals surface area contributed by atoms with Crippen molar-refractivity contribution in [1.82, 2.24) is 9.97 Å². The number of nitrogens with zero attached hydrogens (tertiary/aromatic N) is 2. The summed E-state index contributed by atoms with van der Waals surface area (Å²) in [5.41, 5.74) is 0.0504. The molecule has 2 aromatic heterocycles. The van der Waals surface area contributed by atoms with Crippen molar-refractivity contribution in [3.63, 3.8) is 0 Å². The molecule has 92 valence electrons. The molecule has 0 spiro atoms. The molecule has 18 heavy (non-hydrogen) atoms. The van der Waals surface area contributed by atoms with Crippen molar-refractivity contribution in [2.24, 2.45) is 0 Å². The van der Waals surface area contributed by atoms with E-state index in [0.717, 1.165) is 12.1 Å². The van der Waals surface area contributed by atoms with Crippen LogP contribution in [-0.2, 0) is 0 Å². The summed E-state index contributed by atoms with van der Waals surface area (Å²) in [7, 11) is 0. The lowest BCUT2D eigenvalue weighted by Gasteiger charge is -2.05. The van der Waals surface area contributed by atoms with E-state index < -0.39 is 17.8 Å². The van der Waals surface area contributed by atoms with E-state index in [4.69, 9.17) is 0 Å². The van der Waals surface area contributed by atoms with Crippen molar-refractivity contribution in [3.05, 3.63) is 52.5 Å². The van der Waals surface area contributed by atoms with E-state index in [1.54, 1.807) is 0 Å². The number of pyridine rings is 2. The quantitative estimate of drug-likeness (QED) is 0.867. The standard InChI is InChI=1S/C11H6BrF2N3O/c12-7-3-6(4-15-5-7)11(18)16-8-1-2-9(13)17-10(8)14/h1-5H,(H,16,18). The molecule has 7 heteroatoms. The van der Waals surface area contributed by atoms with Gasteiger partial charge in [-0.25, -0.2) is 0 Å². The predicted molar refractivity (Wildman–Crippen MR) is 64.0 cm³/mol. The third-order valence-corrected chi connectivity index (χ3v) is 2.46. The minimum Gasteiger partial charge on any atom is -0.318 e. The lowest BCUT2D eigenvalue weighted by molar-refractivity contribution is 0.102. The Morgan fingerprint density at radius 1 is 1.28 bits per heavy atom. The summed E-state index contributed by atoms with van der Waals surface area (Å²) in [6.45, 7) is 0. The van der Waals surface area contributed by atoms with Crippen LogP contribution in [0.2, 0.25) is 0 Å². The second-order valence-corrected chi connectivity index (χ2v) is 4.23. The topological polar surface area (TPSA) is 54.9 Å². The second kappa shape index (κ2) is 5.18. The molecule has 0 saturated heterocycles. The summed E-state index contributed by atoms with van der Waals surface area (Å²) >= 11 is 3.16. The van der Waals surface area contributed by atoms with E-state index in [0.29, 0.717) is 4.47 Å². The molecule has 2 heterocycles. The van der Waals surface area contributed by atoms with Gasteiger partial charge in [0.2, 0.25) is 11.9 Å². The highest BCUT2D eigenvalue weighted by molar-refractivity contribution is 9.10. The van der Waals surface area contributed by atoms with Crippen LogP contribution in [0, 0.1) is 11.9 Å². The Labute approximate surface area is 109 Å². The number of hydrogen-bond donors (Lipinski definition) is 1. The summed E-state index contributed by atoms with van der Waals surface area (Å²) in [6.07, 6.45) is 2.84. The van der Waals surface area contributed by atoms with Crippen LogP contribution < -0.4 is 5.32 Å². The molecule has 0 aliphatic carbocycles. The fraction of sp³-hybridized carbons (Fsp3) is 0. The van der Waals surface area contributed by atoms with E-state index in [9.17, 15) is 13.6 Å². The van der Waals surface area contributed by atoms with Crippen LogP contribution in [0.4, 0.5) is 14.5 Å². The molecule has 2 rings (SSSR count). The first kappa shape index (κ1) is 12.6. The van der Waals surface area contributed by atoms with Gasteiger partial charge in [0.1, 0.15) is 0 Å². The van der Waals surface area contributed by atoms with Crippen molar-refractivity contribution in [3.8, 4) is 0 Å². The molecule has 0 aliphatic rings. The highest BCUT2D eigenvalue weighted by Gasteiger charge is 2.11. The minimum atomic E-state index is -1.08. The number of anilines is 1. The van der Waals surface area contributed by atoms with Crippen LogP contribution >= 0.6 is 15.9 Å². The Morgan fingerprint density at radius 2 is 2.06 bits per heavy atom. The van der Waals surface area contributed by atoms with Crippen molar-refractivity contribution in [2.75, 3.05) is 5.32 Å². The van der Waals surface area contributed by atoms with Gasteiger partial charge < -0.3 is 5.32 Å². The van der Waals surface area contributed by atoms with E-state index in [2.05, 4.69) is 31.2 Å². The van der Waals surface area contributed by atoms with Gasteiger partial charge >= 0.3 is 0 Å². The average Bonchev–Trinajstić information content (AvgIpc) is 2.32. The summed E-state index contributed by atoms with van der Waals surface area (Å²) < 4.78 is 26.4. The first-order valence-electron chi connectivity index (χ1n) is 4.80. The zero-order valence-corrected chi connectivity index (χ0v) is 10.4. The van der Waals surface area contributed by atoms with Crippen LogP contribution in [0.25, 0.3) is 0 Å². The SMILES string of the molecule is O=C(Nc1ccc(F)nc1F)c1cncc(Br)c1. The van der Waals surface area contributed by atoms with E-state index in [1.807, 2.05) is 0 Å². The molecule has 0 aliphatic heterocycles. The first-order valence-corrected chi connectivity index (χ1v) is 5.59. The summed E-state index contributed by atoms with van der Waals surface area (Å²) in [5, 5.41) is 2.28. The minimum absolute atomic E-state index is 0.193. The molecule has 4 nitrogen and oxygen atoms in total. The largest absolute Gasteiger partial charge is 0.318 e. The van der Waals surface area contributed by atoms with Crippen molar-refractivity contribution >= 4 is 27.5 Å². The number of amides is 1. The zero-order chi connectivity index (χ0) is 13.1. The average molecular weight is 314 g/mol. The smallest absolute Gasteiger partial charge is 0.257 e. The van der Waals surface area contributed by atoms with Crippen LogP contribution in [0.1, 0.15) is 10.4 Å². The van der Waals surface area contributed by atoms with Gasteiger partial charge in [-0.15, -0.1) is 0 Å². The van der Waals surface area contributed by atoms with Gasteiger partial charge in [-0.05, 0) is 34.1 Å². The molecule has 0 unspecified atom stereocenters. The molecule has 0 radical (unpaired) electrons. The first-order chi connectivity index (χ1) is 8.56. The molecular formula is C11H6BrF2N3O. The van der Waals surface area contributed by atoms with E-state index >= 15 is 0 Å². The Kier molecular flexibility index (Phi) is 3.61. The van der Waals surface area contributed by atoms with Gasteiger partial charge in [-0.3, -0.25) is 9.78 Å². The van der Waals surface area contributed by atoms with Gasteiger partial charge in [0.05, 0.1) is 11.3 Å². The second-order valence-electron chi connectivity index (χ2n) is 3.32. The molecule has 1 amide bonds. The van der Waals surface area contributed by atoms with Crippen LogP contribution in [-0.4, -0.2) is 15.9 Å². The van der Waals surface area contributed by atoms with Gasteiger partial charge in [0.15, 0.2) is 0 Å². The van der Waals surface area contributed by atoms with Crippen molar-refractivity contribution < 1.29 is 13.6 Å². The van der Waals surface area contributed by atoms with Crippen LogP contribution in [0.5, 0.6) is 0 Å². The fourth-order valence-electron chi connectivity index (χ4n) is 1.24. The number of rotatable bonds is 2. The van der Waals surface area contributed by atoms with Gasteiger partial charge in [-0.1, -0.05) is 0 Å². The Balaban J connectivity index is 2.21. The van der Waals surface area contributed by atoms with Crippen molar-refractivity contribution in [2.45, 2.75) is 0 Å². The van der Waals surface area contributed by atoms with Gasteiger partial charge in [-0.2, -0.15) is 13.8 Å². The normalized spacial score (nSPS) is 10.2. The lowest BCUT2D eigenvalue weighted by Crippen LogP contribution is -2.14. The van der Waals surface area contributed by atoms with Crippen LogP contribution in [0.15, 0.2) is 35.1 Å². The van der Waals surface area contributed by atoms with E-state index in [1.165, 1.54) is 18.5 Å².